The van der Waals surface area contributed by atoms with Gasteiger partial charge in [0.25, 0.3) is 0 Å². The Morgan fingerprint density at radius 3 is 2.44 bits per heavy atom. The zero-order valence-electron chi connectivity index (χ0n) is 15.8. The van der Waals surface area contributed by atoms with Crippen molar-refractivity contribution in [2.75, 3.05) is 28.6 Å². The van der Waals surface area contributed by atoms with Crippen LogP contribution in [0.25, 0.3) is 0 Å². The lowest BCUT2D eigenvalue weighted by Gasteiger charge is -2.22. The number of rotatable bonds is 7. The summed E-state index contributed by atoms with van der Waals surface area (Å²) < 4.78 is 0. The summed E-state index contributed by atoms with van der Waals surface area (Å²) in [6, 6.07) is 15.8. The van der Waals surface area contributed by atoms with Crippen molar-refractivity contribution in [3.05, 3.63) is 65.3 Å². The van der Waals surface area contributed by atoms with E-state index in [0.717, 1.165) is 30.3 Å². The summed E-state index contributed by atoms with van der Waals surface area (Å²) in [7, 11) is 0. The minimum absolute atomic E-state index is 0.491. The van der Waals surface area contributed by atoms with Crippen molar-refractivity contribution >= 4 is 40.4 Å². The van der Waals surface area contributed by atoms with Crippen molar-refractivity contribution in [1.29, 1.82) is 0 Å². The molecule has 0 fully saturated rings. The lowest BCUT2D eigenvalue weighted by atomic mass is 10.1. The summed E-state index contributed by atoms with van der Waals surface area (Å²) in [6.45, 7) is 8.41. The van der Waals surface area contributed by atoms with Crippen molar-refractivity contribution in [3.8, 4) is 0 Å². The number of nitrogens with one attached hydrogen (secondary N) is 2. The van der Waals surface area contributed by atoms with Gasteiger partial charge in [-0.15, -0.1) is 0 Å². The summed E-state index contributed by atoms with van der Waals surface area (Å²) in [4.78, 5) is 11.1. The lowest BCUT2D eigenvalue weighted by molar-refractivity contribution is 0.866. The van der Waals surface area contributed by atoms with Crippen molar-refractivity contribution in [1.82, 2.24) is 9.97 Å². The quantitative estimate of drug-likeness (QED) is 0.544. The minimum atomic E-state index is 0.491. The highest BCUT2D eigenvalue weighted by Gasteiger charge is 2.07. The van der Waals surface area contributed by atoms with Gasteiger partial charge in [-0.1, -0.05) is 23.7 Å². The molecule has 0 radical (unpaired) electrons. The number of hydrogen-bond donors (Lipinski definition) is 2. The summed E-state index contributed by atoms with van der Waals surface area (Å²) in [6.07, 6.45) is 1.72. The number of benzene rings is 2. The Labute approximate surface area is 165 Å². The Morgan fingerprint density at radius 1 is 0.963 bits per heavy atom. The fourth-order valence-electron chi connectivity index (χ4n) is 2.88. The summed E-state index contributed by atoms with van der Waals surface area (Å²) >= 11 is 6.19. The Kier molecular flexibility index (Phi) is 6.14. The fraction of sp³-hybridized carbons (Fsp3) is 0.238. The van der Waals surface area contributed by atoms with Gasteiger partial charge < -0.3 is 15.5 Å². The van der Waals surface area contributed by atoms with Crippen LogP contribution in [0.15, 0.2) is 54.7 Å². The highest BCUT2D eigenvalue weighted by atomic mass is 35.5. The molecular weight excluding hydrogens is 358 g/mol. The number of aromatic nitrogens is 2. The largest absolute Gasteiger partial charge is 0.372 e. The molecule has 0 aliphatic heterocycles. The van der Waals surface area contributed by atoms with E-state index in [4.69, 9.17) is 11.6 Å². The molecule has 5 nitrogen and oxygen atoms in total. The Bertz CT molecular complexity index is 909. The maximum Gasteiger partial charge on any atom is 0.229 e. The SMILES string of the molecule is CCN(CC)c1ccc(Nc2ccnc(Nc3ccccc3Cl)n2)c(C)c1. The van der Waals surface area contributed by atoms with Crippen LogP contribution < -0.4 is 15.5 Å². The Balaban J connectivity index is 1.77. The summed E-state index contributed by atoms with van der Waals surface area (Å²) in [5.41, 5.74) is 4.19. The molecule has 2 aromatic carbocycles. The molecule has 0 aliphatic rings. The van der Waals surface area contributed by atoms with E-state index < -0.39 is 0 Å². The van der Waals surface area contributed by atoms with Crippen LogP contribution in [-0.2, 0) is 0 Å². The maximum absolute atomic E-state index is 6.19. The molecule has 27 heavy (non-hydrogen) atoms. The third kappa shape index (κ3) is 4.68. The second-order valence-corrected chi connectivity index (χ2v) is 6.57. The molecule has 140 valence electrons. The molecule has 0 aliphatic carbocycles. The van der Waals surface area contributed by atoms with Crippen molar-refractivity contribution in [2.24, 2.45) is 0 Å². The van der Waals surface area contributed by atoms with Crippen LogP contribution in [0.1, 0.15) is 19.4 Å². The van der Waals surface area contributed by atoms with E-state index >= 15 is 0 Å². The number of nitrogens with zero attached hydrogens (tertiary/aromatic N) is 3. The van der Waals surface area contributed by atoms with Crippen LogP contribution in [0, 0.1) is 6.92 Å². The van der Waals surface area contributed by atoms with E-state index in [9.17, 15) is 0 Å². The molecule has 0 amide bonds. The first-order valence-corrected chi connectivity index (χ1v) is 9.45. The summed E-state index contributed by atoms with van der Waals surface area (Å²) in [5, 5.41) is 7.15. The third-order valence-electron chi connectivity index (χ3n) is 4.38. The molecule has 0 unspecified atom stereocenters. The highest BCUT2D eigenvalue weighted by molar-refractivity contribution is 6.33. The normalized spacial score (nSPS) is 10.5. The van der Waals surface area contributed by atoms with Crippen LogP contribution in [0.5, 0.6) is 0 Å². The number of para-hydroxylation sites is 1. The number of anilines is 5. The average Bonchev–Trinajstić information content (AvgIpc) is 2.67. The van der Waals surface area contributed by atoms with Gasteiger partial charge in [0.2, 0.25) is 5.95 Å². The maximum atomic E-state index is 6.19. The van der Waals surface area contributed by atoms with Gasteiger partial charge in [0, 0.05) is 30.7 Å². The third-order valence-corrected chi connectivity index (χ3v) is 4.71. The Hall–Kier alpha value is -2.79. The monoisotopic (exact) mass is 381 g/mol. The molecule has 0 atom stereocenters. The molecule has 6 heteroatoms. The zero-order valence-corrected chi connectivity index (χ0v) is 16.6. The van der Waals surface area contributed by atoms with Crippen LogP contribution in [-0.4, -0.2) is 23.1 Å². The molecule has 0 bridgehead atoms. The average molecular weight is 382 g/mol. The van der Waals surface area contributed by atoms with E-state index in [2.05, 4.69) is 64.5 Å². The van der Waals surface area contributed by atoms with Crippen molar-refractivity contribution in [3.63, 3.8) is 0 Å². The second kappa shape index (κ2) is 8.73. The first-order valence-electron chi connectivity index (χ1n) is 9.08. The molecule has 2 N–H and O–H groups in total. The summed E-state index contributed by atoms with van der Waals surface area (Å²) in [5.74, 6) is 1.21. The van der Waals surface area contributed by atoms with Gasteiger partial charge in [0.1, 0.15) is 5.82 Å². The van der Waals surface area contributed by atoms with Gasteiger partial charge in [0.05, 0.1) is 10.7 Å². The second-order valence-electron chi connectivity index (χ2n) is 6.17. The van der Waals surface area contributed by atoms with Gasteiger partial charge in [-0.25, -0.2) is 4.98 Å². The lowest BCUT2D eigenvalue weighted by Crippen LogP contribution is -2.21. The number of hydrogen-bond acceptors (Lipinski definition) is 5. The van der Waals surface area contributed by atoms with Crippen LogP contribution >= 0.6 is 11.6 Å². The van der Waals surface area contributed by atoms with Gasteiger partial charge in [-0.3, -0.25) is 0 Å². The van der Waals surface area contributed by atoms with Gasteiger partial charge in [-0.2, -0.15) is 4.98 Å². The van der Waals surface area contributed by atoms with Crippen LogP contribution in [0.2, 0.25) is 5.02 Å². The van der Waals surface area contributed by atoms with E-state index in [1.54, 1.807) is 6.20 Å². The van der Waals surface area contributed by atoms with Crippen LogP contribution in [0.3, 0.4) is 0 Å². The highest BCUT2D eigenvalue weighted by Crippen LogP contribution is 2.26. The topological polar surface area (TPSA) is 53.1 Å². The number of halogens is 1. The van der Waals surface area contributed by atoms with Crippen molar-refractivity contribution in [2.45, 2.75) is 20.8 Å². The molecule has 3 rings (SSSR count). The zero-order chi connectivity index (χ0) is 19.2. The van der Waals surface area contributed by atoms with Crippen molar-refractivity contribution < 1.29 is 0 Å². The van der Waals surface area contributed by atoms with Crippen LogP contribution in [0.4, 0.5) is 28.8 Å². The van der Waals surface area contributed by atoms with E-state index in [1.165, 1.54) is 11.3 Å². The first-order chi connectivity index (χ1) is 13.1. The predicted octanol–water partition coefficient (Wildman–Crippen LogP) is 5.77. The molecule has 0 saturated carbocycles. The molecular formula is C21H24ClN5. The fourth-order valence-corrected chi connectivity index (χ4v) is 3.07. The molecule has 0 saturated heterocycles. The predicted molar refractivity (Wildman–Crippen MR) is 115 cm³/mol. The molecule has 3 aromatic rings. The molecule has 1 aromatic heterocycles. The van der Waals surface area contributed by atoms with E-state index in [-0.39, 0.29) is 0 Å². The number of aryl methyl sites for hydroxylation is 1. The first kappa shape index (κ1) is 19.0. The van der Waals surface area contributed by atoms with Gasteiger partial charge in [-0.05, 0) is 62.7 Å². The minimum Gasteiger partial charge on any atom is -0.372 e. The van der Waals surface area contributed by atoms with Gasteiger partial charge in [0.15, 0.2) is 0 Å². The Morgan fingerprint density at radius 2 is 1.74 bits per heavy atom. The van der Waals surface area contributed by atoms with E-state index in [1.807, 2.05) is 30.3 Å². The molecule has 1 heterocycles. The molecule has 0 spiro atoms. The van der Waals surface area contributed by atoms with E-state index in [0.29, 0.717) is 11.0 Å². The standard InChI is InChI=1S/C21H24ClN5/c1-4-27(5-2)16-10-11-18(15(3)14-16)24-20-12-13-23-21(26-20)25-19-9-7-6-8-17(19)22/h6-14H,4-5H2,1-3H3,(H2,23,24,25,26). The van der Waals surface area contributed by atoms with Gasteiger partial charge >= 0.3 is 0 Å². The smallest absolute Gasteiger partial charge is 0.229 e.